The molecule has 1 heterocycles. The fourth-order valence-corrected chi connectivity index (χ4v) is 2.33. The largest absolute Gasteiger partial charge is 0.357 e. The average molecular weight is 391 g/mol. The highest BCUT2D eigenvalue weighted by Crippen LogP contribution is 2.11. The molecule has 1 fully saturated rings. The van der Waals surface area contributed by atoms with Crippen LogP contribution in [0.5, 0.6) is 0 Å². The summed E-state index contributed by atoms with van der Waals surface area (Å²) in [5.41, 5.74) is 1.73. The summed E-state index contributed by atoms with van der Waals surface area (Å²) < 4.78 is 13.2. The van der Waals surface area contributed by atoms with Crippen molar-refractivity contribution in [1.29, 1.82) is 0 Å². The average Bonchev–Trinajstić information content (AvgIpc) is 2.92. The van der Waals surface area contributed by atoms with Crippen LogP contribution >= 0.6 is 24.0 Å². The minimum atomic E-state index is -0.154. The third kappa shape index (κ3) is 4.61. The molecule has 0 spiro atoms. The van der Waals surface area contributed by atoms with Crippen molar-refractivity contribution in [3.05, 3.63) is 35.1 Å². The molecular weight excluding hydrogens is 368 g/mol. The highest BCUT2D eigenvalue weighted by molar-refractivity contribution is 14.0. The van der Waals surface area contributed by atoms with Gasteiger partial charge in [-0.2, -0.15) is 0 Å². The standard InChI is InChI=1S/C15H22FN3.HI/c1-3-17-15(19-8-4-5-9-19)18-11-13-6-7-14(16)12(2)10-13;/h6-7,10H,3-5,8-9,11H2,1-2H3,(H,17,18);1H. The highest BCUT2D eigenvalue weighted by atomic mass is 127. The molecule has 1 aliphatic rings. The van der Waals surface area contributed by atoms with Crippen LogP contribution in [0, 0.1) is 12.7 Å². The molecule has 1 aromatic carbocycles. The zero-order valence-corrected chi connectivity index (χ0v) is 14.5. The van der Waals surface area contributed by atoms with Gasteiger partial charge in [0.2, 0.25) is 0 Å². The van der Waals surface area contributed by atoms with E-state index >= 15 is 0 Å². The number of hydrogen-bond acceptors (Lipinski definition) is 1. The third-order valence-corrected chi connectivity index (χ3v) is 3.37. The molecule has 0 saturated carbocycles. The number of halogens is 2. The van der Waals surface area contributed by atoms with Gasteiger partial charge in [-0.15, -0.1) is 24.0 Å². The molecular formula is C15H23FIN3. The number of aliphatic imine (C=N–C) groups is 1. The van der Waals surface area contributed by atoms with Crippen molar-refractivity contribution in [2.45, 2.75) is 33.2 Å². The Morgan fingerprint density at radius 2 is 2.05 bits per heavy atom. The van der Waals surface area contributed by atoms with E-state index in [-0.39, 0.29) is 29.8 Å². The molecule has 1 aliphatic heterocycles. The van der Waals surface area contributed by atoms with Gasteiger partial charge in [-0.3, -0.25) is 0 Å². The second-order valence-corrected chi connectivity index (χ2v) is 4.95. The van der Waals surface area contributed by atoms with Crippen molar-refractivity contribution < 1.29 is 4.39 Å². The molecule has 20 heavy (non-hydrogen) atoms. The van der Waals surface area contributed by atoms with Gasteiger partial charge in [0.1, 0.15) is 5.82 Å². The molecule has 0 unspecified atom stereocenters. The Bertz CT molecular complexity index is 456. The molecule has 5 heteroatoms. The molecule has 3 nitrogen and oxygen atoms in total. The van der Waals surface area contributed by atoms with Crippen LogP contribution in [0.3, 0.4) is 0 Å². The van der Waals surface area contributed by atoms with Crippen molar-refractivity contribution in [2.24, 2.45) is 4.99 Å². The molecule has 0 atom stereocenters. The molecule has 0 aromatic heterocycles. The first-order chi connectivity index (χ1) is 9.20. The summed E-state index contributed by atoms with van der Waals surface area (Å²) >= 11 is 0. The van der Waals surface area contributed by atoms with E-state index in [0.29, 0.717) is 12.1 Å². The lowest BCUT2D eigenvalue weighted by Crippen LogP contribution is -2.39. The number of nitrogens with zero attached hydrogens (tertiary/aromatic N) is 2. The number of benzene rings is 1. The minimum absolute atomic E-state index is 0. The number of nitrogens with one attached hydrogen (secondary N) is 1. The topological polar surface area (TPSA) is 27.6 Å². The van der Waals surface area contributed by atoms with E-state index in [1.54, 1.807) is 13.0 Å². The van der Waals surface area contributed by atoms with Crippen LogP contribution in [0.2, 0.25) is 0 Å². The van der Waals surface area contributed by atoms with Crippen LogP contribution in [0.25, 0.3) is 0 Å². The summed E-state index contributed by atoms with van der Waals surface area (Å²) in [4.78, 5) is 6.94. The SMILES string of the molecule is CCNC(=NCc1ccc(F)c(C)c1)N1CCCC1.I. The van der Waals surface area contributed by atoms with Crippen molar-refractivity contribution in [3.63, 3.8) is 0 Å². The van der Waals surface area contributed by atoms with Crippen LogP contribution in [-0.4, -0.2) is 30.5 Å². The van der Waals surface area contributed by atoms with Crippen LogP contribution in [0.1, 0.15) is 30.9 Å². The Labute approximate surface area is 137 Å². The fraction of sp³-hybridized carbons (Fsp3) is 0.533. The van der Waals surface area contributed by atoms with Gasteiger partial charge >= 0.3 is 0 Å². The lowest BCUT2D eigenvalue weighted by Gasteiger charge is -2.20. The Balaban J connectivity index is 0.00000200. The molecule has 0 amide bonds. The van der Waals surface area contributed by atoms with Crippen molar-refractivity contribution in [1.82, 2.24) is 10.2 Å². The summed E-state index contributed by atoms with van der Waals surface area (Å²) in [6.45, 7) is 7.49. The zero-order valence-electron chi connectivity index (χ0n) is 12.2. The quantitative estimate of drug-likeness (QED) is 0.487. The normalized spacial score (nSPS) is 15.2. The number of guanidine groups is 1. The van der Waals surface area contributed by atoms with Gasteiger partial charge < -0.3 is 10.2 Å². The van der Waals surface area contributed by atoms with E-state index in [1.165, 1.54) is 18.9 Å². The van der Waals surface area contributed by atoms with E-state index in [2.05, 4.69) is 22.1 Å². The monoisotopic (exact) mass is 391 g/mol. The first-order valence-corrected chi connectivity index (χ1v) is 6.99. The van der Waals surface area contributed by atoms with Gasteiger partial charge in [-0.25, -0.2) is 9.38 Å². The Hall–Kier alpha value is -0.850. The predicted molar refractivity (Wildman–Crippen MR) is 92.2 cm³/mol. The fourth-order valence-electron chi connectivity index (χ4n) is 2.33. The Morgan fingerprint density at radius 1 is 1.35 bits per heavy atom. The summed E-state index contributed by atoms with van der Waals surface area (Å²) in [7, 11) is 0. The van der Waals surface area contributed by atoms with Crippen molar-refractivity contribution >= 4 is 29.9 Å². The van der Waals surface area contributed by atoms with Gasteiger partial charge in [-0.05, 0) is 43.9 Å². The van der Waals surface area contributed by atoms with Crippen LogP contribution < -0.4 is 5.32 Å². The minimum Gasteiger partial charge on any atom is -0.357 e. The summed E-state index contributed by atoms with van der Waals surface area (Å²) in [5.74, 6) is 0.821. The van der Waals surface area contributed by atoms with Gasteiger partial charge in [0, 0.05) is 19.6 Å². The maximum Gasteiger partial charge on any atom is 0.194 e. The molecule has 112 valence electrons. The lowest BCUT2D eigenvalue weighted by molar-refractivity contribution is 0.493. The Morgan fingerprint density at radius 3 is 2.65 bits per heavy atom. The van der Waals surface area contributed by atoms with Crippen LogP contribution in [0.15, 0.2) is 23.2 Å². The molecule has 2 rings (SSSR count). The van der Waals surface area contributed by atoms with Gasteiger partial charge in [0.15, 0.2) is 5.96 Å². The number of likely N-dealkylation sites (tertiary alicyclic amines) is 1. The smallest absolute Gasteiger partial charge is 0.194 e. The van der Waals surface area contributed by atoms with Crippen LogP contribution in [0.4, 0.5) is 4.39 Å². The molecule has 0 bridgehead atoms. The van der Waals surface area contributed by atoms with E-state index in [1.807, 2.05) is 6.07 Å². The summed E-state index contributed by atoms with van der Waals surface area (Å²) in [5, 5.41) is 3.32. The molecule has 1 saturated heterocycles. The van der Waals surface area contributed by atoms with E-state index in [0.717, 1.165) is 31.2 Å². The lowest BCUT2D eigenvalue weighted by atomic mass is 10.1. The third-order valence-electron chi connectivity index (χ3n) is 3.37. The summed E-state index contributed by atoms with van der Waals surface area (Å²) in [6, 6.07) is 5.19. The Kier molecular flexibility index (Phi) is 7.26. The molecule has 1 aromatic rings. The summed E-state index contributed by atoms with van der Waals surface area (Å²) in [6.07, 6.45) is 2.47. The van der Waals surface area contributed by atoms with Gasteiger partial charge in [0.25, 0.3) is 0 Å². The highest BCUT2D eigenvalue weighted by Gasteiger charge is 2.15. The van der Waals surface area contributed by atoms with E-state index in [4.69, 9.17) is 0 Å². The second kappa shape index (κ2) is 8.44. The maximum absolute atomic E-state index is 13.2. The maximum atomic E-state index is 13.2. The van der Waals surface area contributed by atoms with Gasteiger partial charge in [0.05, 0.1) is 6.54 Å². The second-order valence-electron chi connectivity index (χ2n) is 4.95. The van der Waals surface area contributed by atoms with Crippen LogP contribution in [-0.2, 0) is 6.54 Å². The number of hydrogen-bond donors (Lipinski definition) is 1. The first-order valence-electron chi connectivity index (χ1n) is 6.99. The zero-order chi connectivity index (χ0) is 13.7. The number of aryl methyl sites for hydroxylation is 1. The van der Waals surface area contributed by atoms with Gasteiger partial charge in [-0.1, -0.05) is 12.1 Å². The number of rotatable bonds is 3. The van der Waals surface area contributed by atoms with E-state index < -0.39 is 0 Å². The molecule has 0 aliphatic carbocycles. The molecule has 0 radical (unpaired) electrons. The molecule has 1 N–H and O–H groups in total. The van der Waals surface area contributed by atoms with Crippen molar-refractivity contribution in [3.8, 4) is 0 Å². The first kappa shape index (κ1) is 17.2. The van der Waals surface area contributed by atoms with Crippen molar-refractivity contribution in [2.75, 3.05) is 19.6 Å². The van der Waals surface area contributed by atoms with E-state index in [9.17, 15) is 4.39 Å². The predicted octanol–water partition coefficient (Wildman–Crippen LogP) is 3.31.